The Hall–Kier alpha value is -2.38. The van der Waals surface area contributed by atoms with Gasteiger partial charge < -0.3 is 5.32 Å². The fourth-order valence-corrected chi connectivity index (χ4v) is 3.06. The molecule has 2 N–H and O–H groups in total. The number of rotatable bonds is 6. The topological polar surface area (TPSA) is 62.7 Å². The van der Waals surface area contributed by atoms with Crippen molar-refractivity contribution in [2.75, 3.05) is 11.6 Å². The van der Waals surface area contributed by atoms with Crippen LogP contribution < -0.4 is 5.32 Å². The first kappa shape index (κ1) is 17.4. The van der Waals surface area contributed by atoms with Crippen molar-refractivity contribution in [1.82, 2.24) is 14.8 Å². The number of hydrogen-bond donors (Lipinski definition) is 2. The maximum absolute atomic E-state index is 12.3. The van der Waals surface area contributed by atoms with Gasteiger partial charge in [-0.2, -0.15) is 5.10 Å². The highest BCUT2D eigenvalue weighted by Crippen LogP contribution is 2.17. The number of aromatic amines is 1. The van der Waals surface area contributed by atoms with E-state index in [1.165, 1.54) is 0 Å². The lowest BCUT2D eigenvalue weighted by Crippen LogP contribution is -2.18. The van der Waals surface area contributed by atoms with Gasteiger partial charge in [0, 0.05) is 10.6 Å². The molecule has 1 heterocycles. The van der Waals surface area contributed by atoms with E-state index < -0.39 is 0 Å². The third-order valence-electron chi connectivity index (χ3n) is 3.71. The van der Waals surface area contributed by atoms with Gasteiger partial charge in [0.25, 0.3) is 0 Å². The van der Waals surface area contributed by atoms with Gasteiger partial charge in [-0.05, 0) is 48.3 Å². The molecule has 0 radical (unpaired) electrons. The molecule has 3 rings (SSSR count). The fourth-order valence-electron chi connectivity index (χ4n) is 2.44. The minimum absolute atomic E-state index is 0.125. The summed E-state index contributed by atoms with van der Waals surface area (Å²) < 4.78 is 2.36. The van der Waals surface area contributed by atoms with Crippen LogP contribution in [0.25, 0.3) is 0 Å². The Morgan fingerprint density at radius 1 is 1.20 bits per heavy atom. The van der Waals surface area contributed by atoms with Crippen molar-refractivity contribution in [2.45, 2.75) is 17.9 Å². The Morgan fingerprint density at radius 3 is 2.60 bits per heavy atom. The van der Waals surface area contributed by atoms with E-state index in [4.69, 9.17) is 12.2 Å². The summed E-state index contributed by atoms with van der Waals surface area (Å²) in [5.41, 5.74) is 1.88. The van der Waals surface area contributed by atoms with Crippen LogP contribution in [0.1, 0.15) is 11.4 Å². The molecule has 0 aliphatic rings. The minimum Gasteiger partial charge on any atom is -0.326 e. The average Bonchev–Trinajstić information content (AvgIpc) is 2.96. The smallest absolute Gasteiger partial charge is 0.232 e. The second-order valence-corrected chi connectivity index (χ2v) is 6.74. The largest absolute Gasteiger partial charge is 0.326 e. The van der Waals surface area contributed by atoms with Crippen LogP contribution in [0, 0.1) is 4.77 Å². The van der Waals surface area contributed by atoms with Crippen LogP contribution in [0.4, 0.5) is 5.69 Å². The van der Waals surface area contributed by atoms with Gasteiger partial charge in [0.05, 0.1) is 13.0 Å². The monoisotopic (exact) mass is 370 g/mol. The predicted octanol–water partition coefficient (Wildman–Crippen LogP) is 3.89. The summed E-state index contributed by atoms with van der Waals surface area (Å²) in [6.07, 6.45) is 2.17. The lowest BCUT2D eigenvalue weighted by Gasteiger charge is -2.08. The summed E-state index contributed by atoms with van der Waals surface area (Å²) in [5, 5.41) is 9.87. The summed E-state index contributed by atoms with van der Waals surface area (Å²) in [4.78, 5) is 13.5. The number of H-pyrrole nitrogens is 1. The SMILES string of the molecule is CSc1ccc(NC(=O)Cc2n[nH]c(=S)n2Cc2ccccc2)cc1. The molecule has 0 fully saturated rings. The Bertz CT molecular complexity index is 901. The number of nitrogens with one attached hydrogen (secondary N) is 2. The van der Waals surface area contributed by atoms with Crippen molar-refractivity contribution in [1.29, 1.82) is 0 Å². The first-order valence-corrected chi connectivity index (χ1v) is 9.41. The van der Waals surface area contributed by atoms with Crippen LogP contribution in [-0.4, -0.2) is 26.9 Å². The van der Waals surface area contributed by atoms with Crippen molar-refractivity contribution in [3.8, 4) is 0 Å². The second kappa shape index (κ2) is 8.13. The first-order valence-electron chi connectivity index (χ1n) is 7.77. The summed E-state index contributed by atoms with van der Waals surface area (Å²) in [5.74, 6) is 0.493. The molecule has 1 aromatic heterocycles. The molecule has 25 heavy (non-hydrogen) atoms. The van der Waals surface area contributed by atoms with Crippen molar-refractivity contribution >= 4 is 35.6 Å². The number of amides is 1. The zero-order valence-electron chi connectivity index (χ0n) is 13.7. The fraction of sp³-hybridized carbons (Fsp3) is 0.167. The summed E-state index contributed by atoms with van der Waals surface area (Å²) in [6, 6.07) is 17.7. The van der Waals surface area contributed by atoms with E-state index in [9.17, 15) is 4.79 Å². The number of nitrogens with zero attached hydrogens (tertiary/aromatic N) is 2. The maximum Gasteiger partial charge on any atom is 0.232 e. The molecular formula is C18H18N4OS2. The molecular weight excluding hydrogens is 352 g/mol. The molecule has 0 bridgehead atoms. The Labute approximate surface area is 155 Å². The maximum atomic E-state index is 12.3. The second-order valence-electron chi connectivity index (χ2n) is 5.47. The molecule has 3 aromatic rings. The van der Waals surface area contributed by atoms with Crippen LogP contribution in [0.2, 0.25) is 0 Å². The molecule has 0 unspecified atom stereocenters. The number of aromatic nitrogens is 3. The van der Waals surface area contributed by atoms with E-state index in [0.717, 1.165) is 16.1 Å². The van der Waals surface area contributed by atoms with Gasteiger partial charge in [0.1, 0.15) is 5.82 Å². The van der Waals surface area contributed by atoms with Crippen LogP contribution >= 0.6 is 24.0 Å². The van der Waals surface area contributed by atoms with Gasteiger partial charge in [0.2, 0.25) is 5.91 Å². The molecule has 128 valence electrons. The van der Waals surface area contributed by atoms with Gasteiger partial charge in [-0.15, -0.1) is 11.8 Å². The van der Waals surface area contributed by atoms with E-state index >= 15 is 0 Å². The number of benzene rings is 2. The van der Waals surface area contributed by atoms with E-state index in [1.54, 1.807) is 11.8 Å². The van der Waals surface area contributed by atoms with Crippen molar-refractivity contribution in [3.05, 3.63) is 70.8 Å². The highest BCUT2D eigenvalue weighted by atomic mass is 32.2. The molecule has 0 saturated heterocycles. The lowest BCUT2D eigenvalue weighted by molar-refractivity contribution is -0.115. The Balaban J connectivity index is 1.70. The third-order valence-corrected chi connectivity index (χ3v) is 4.77. The van der Waals surface area contributed by atoms with Gasteiger partial charge in [-0.1, -0.05) is 30.3 Å². The molecule has 2 aromatic carbocycles. The molecule has 0 atom stereocenters. The Morgan fingerprint density at radius 2 is 1.92 bits per heavy atom. The lowest BCUT2D eigenvalue weighted by atomic mass is 10.2. The van der Waals surface area contributed by atoms with Gasteiger partial charge >= 0.3 is 0 Å². The molecule has 0 aliphatic carbocycles. The molecule has 5 nitrogen and oxygen atoms in total. The first-order chi connectivity index (χ1) is 12.2. The van der Waals surface area contributed by atoms with Crippen LogP contribution in [-0.2, 0) is 17.8 Å². The van der Waals surface area contributed by atoms with Crippen LogP contribution in [0.3, 0.4) is 0 Å². The van der Waals surface area contributed by atoms with E-state index in [2.05, 4.69) is 15.5 Å². The molecule has 1 amide bonds. The van der Waals surface area contributed by atoms with E-state index in [-0.39, 0.29) is 12.3 Å². The average molecular weight is 371 g/mol. The summed E-state index contributed by atoms with van der Waals surface area (Å²) in [6.45, 7) is 0.585. The Kier molecular flexibility index (Phi) is 5.67. The zero-order chi connectivity index (χ0) is 17.6. The highest BCUT2D eigenvalue weighted by molar-refractivity contribution is 7.98. The molecule has 0 aliphatic heterocycles. The molecule has 0 spiro atoms. The number of carbonyl (C=O) groups is 1. The number of anilines is 1. The van der Waals surface area contributed by atoms with E-state index in [0.29, 0.717) is 17.1 Å². The third kappa shape index (κ3) is 4.58. The summed E-state index contributed by atoms with van der Waals surface area (Å²) in [7, 11) is 0. The highest BCUT2D eigenvalue weighted by Gasteiger charge is 2.12. The summed E-state index contributed by atoms with van der Waals surface area (Å²) >= 11 is 6.96. The van der Waals surface area contributed by atoms with Crippen molar-refractivity contribution < 1.29 is 4.79 Å². The van der Waals surface area contributed by atoms with Gasteiger partial charge in [-0.3, -0.25) is 14.5 Å². The minimum atomic E-state index is -0.125. The van der Waals surface area contributed by atoms with Crippen molar-refractivity contribution in [2.24, 2.45) is 0 Å². The molecule has 7 heteroatoms. The predicted molar refractivity (Wildman–Crippen MR) is 104 cm³/mol. The van der Waals surface area contributed by atoms with Crippen LogP contribution in [0.5, 0.6) is 0 Å². The van der Waals surface area contributed by atoms with Crippen molar-refractivity contribution in [3.63, 3.8) is 0 Å². The van der Waals surface area contributed by atoms with Gasteiger partial charge in [0.15, 0.2) is 4.77 Å². The number of carbonyl (C=O) groups excluding carboxylic acids is 1. The quantitative estimate of drug-likeness (QED) is 0.510. The number of thioether (sulfide) groups is 1. The standard InChI is InChI=1S/C18H18N4OS2/c1-25-15-9-7-14(8-10-15)19-17(23)11-16-20-21-18(24)22(16)12-13-5-3-2-4-6-13/h2-10H,11-12H2,1H3,(H,19,23)(H,21,24). The number of hydrogen-bond acceptors (Lipinski definition) is 4. The molecule has 0 saturated carbocycles. The van der Waals surface area contributed by atoms with Crippen LogP contribution in [0.15, 0.2) is 59.5 Å². The zero-order valence-corrected chi connectivity index (χ0v) is 15.4. The van der Waals surface area contributed by atoms with E-state index in [1.807, 2.05) is 65.4 Å². The normalized spacial score (nSPS) is 10.6. The van der Waals surface area contributed by atoms with Gasteiger partial charge in [-0.25, -0.2) is 0 Å².